The molecular formula is C19H28N2. The molecule has 1 N–H and O–H groups in total. The van der Waals surface area contributed by atoms with Gasteiger partial charge in [-0.3, -0.25) is 4.98 Å². The van der Waals surface area contributed by atoms with Crippen LogP contribution < -0.4 is 5.32 Å². The van der Waals surface area contributed by atoms with Gasteiger partial charge in [0.1, 0.15) is 0 Å². The molecule has 0 spiro atoms. The van der Waals surface area contributed by atoms with Crippen LogP contribution >= 0.6 is 0 Å². The standard InChI is InChI=1S/C19H28N2/c1-4-8-15(3)19(20-13-5-2)14-17-12-11-16-9-6-7-10-18(16)21-17/h6-7,9-12,15,19-20H,4-5,8,13-14H2,1-3H3. The summed E-state index contributed by atoms with van der Waals surface area (Å²) >= 11 is 0. The highest BCUT2D eigenvalue weighted by Crippen LogP contribution is 2.17. The number of benzene rings is 1. The monoisotopic (exact) mass is 284 g/mol. The molecule has 0 aliphatic carbocycles. The number of nitrogens with zero attached hydrogens (tertiary/aromatic N) is 1. The van der Waals surface area contributed by atoms with Crippen LogP contribution in [0.2, 0.25) is 0 Å². The van der Waals surface area contributed by atoms with Crippen molar-refractivity contribution >= 4 is 10.9 Å². The molecule has 1 heterocycles. The Hall–Kier alpha value is -1.41. The number of nitrogens with one attached hydrogen (secondary N) is 1. The van der Waals surface area contributed by atoms with Crippen molar-refractivity contribution in [3.63, 3.8) is 0 Å². The highest BCUT2D eigenvalue weighted by Gasteiger charge is 2.17. The van der Waals surface area contributed by atoms with Crippen molar-refractivity contribution in [2.75, 3.05) is 6.54 Å². The van der Waals surface area contributed by atoms with E-state index in [0.717, 1.165) is 18.5 Å². The lowest BCUT2D eigenvalue weighted by Gasteiger charge is -2.25. The minimum Gasteiger partial charge on any atom is -0.313 e. The molecule has 0 saturated heterocycles. The topological polar surface area (TPSA) is 24.9 Å². The number of fused-ring (bicyclic) bond motifs is 1. The maximum absolute atomic E-state index is 4.83. The second-order valence-corrected chi connectivity index (χ2v) is 6.03. The zero-order valence-corrected chi connectivity index (χ0v) is 13.6. The summed E-state index contributed by atoms with van der Waals surface area (Å²) in [7, 11) is 0. The van der Waals surface area contributed by atoms with E-state index in [1.54, 1.807) is 0 Å². The van der Waals surface area contributed by atoms with Gasteiger partial charge in [-0.05, 0) is 37.4 Å². The largest absolute Gasteiger partial charge is 0.313 e. The zero-order chi connectivity index (χ0) is 15.1. The Balaban J connectivity index is 2.12. The van der Waals surface area contributed by atoms with E-state index in [-0.39, 0.29) is 0 Å². The zero-order valence-electron chi connectivity index (χ0n) is 13.6. The van der Waals surface area contributed by atoms with Crippen LogP contribution in [-0.2, 0) is 6.42 Å². The molecule has 2 atom stereocenters. The predicted octanol–water partition coefficient (Wildman–Crippen LogP) is 4.58. The van der Waals surface area contributed by atoms with Gasteiger partial charge in [-0.1, -0.05) is 51.5 Å². The predicted molar refractivity (Wildman–Crippen MR) is 91.6 cm³/mol. The van der Waals surface area contributed by atoms with Gasteiger partial charge in [0.2, 0.25) is 0 Å². The molecule has 0 amide bonds. The Bertz CT molecular complexity index is 550. The summed E-state index contributed by atoms with van der Waals surface area (Å²) in [5.41, 5.74) is 2.30. The van der Waals surface area contributed by atoms with Gasteiger partial charge in [0.05, 0.1) is 5.52 Å². The lowest BCUT2D eigenvalue weighted by Crippen LogP contribution is -2.37. The fraction of sp³-hybridized carbons (Fsp3) is 0.526. The Labute approximate surface area is 129 Å². The molecule has 2 heteroatoms. The van der Waals surface area contributed by atoms with Gasteiger partial charge in [0, 0.05) is 23.5 Å². The van der Waals surface area contributed by atoms with Crippen LogP contribution in [0.25, 0.3) is 10.9 Å². The van der Waals surface area contributed by atoms with Crippen LogP contribution in [-0.4, -0.2) is 17.6 Å². The summed E-state index contributed by atoms with van der Waals surface area (Å²) in [6.07, 6.45) is 4.72. The van der Waals surface area contributed by atoms with Gasteiger partial charge in [-0.15, -0.1) is 0 Å². The van der Waals surface area contributed by atoms with Gasteiger partial charge in [-0.2, -0.15) is 0 Å². The van der Waals surface area contributed by atoms with Crippen LogP contribution in [0.4, 0.5) is 0 Å². The first kappa shape index (κ1) is 16.0. The Morgan fingerprint density at radius 2 is 1.86 bits per heavy atom. The average Bonchev–Trinajstić information content (AvgIpc) is 2.51. The lowest BCUT2D eigenvalue weighted by molar-refractivity contribution is 0.350. The van der Waals surface area contributed by atoms with E-state index >= 15 is 0 Å². The lowest BCUT2D eigenvalue weighted by atomic mass is 9.93. The highest BCUT2D eigenvalue weighted by molar-refractivity contribution is 5.78. The molecule has 0 aliphatic rings. The maximum atomic E-state index is 4.83. The van der Waals surface area contributed by atoms with Crippen molar-refractivity contribution in [1.82, 2.24) is 10.3 Å². The third kappa shape index (κ3) is 4.53. The summed E-state index contributed by atoms with van der Waals surface area (Å²) in [4.78, 5) is 4.83. The number of aromatic nitrogens is 1. The molecule has 0 aliphatic heterocycles. The SMILES string of the molecule is CCCNC(Cc1ccc2ccccc2n1)C(C)CCC. The minimum atomic E-state index is 0.526. The van der Waals surface area contributed by atoms with E-state index in [0.29, 0.717) is 12.0 Å². The smallest absolute Gasteiger partial charge is 0.0705 e. The summed E-state index contributed by atoms with van der Waals surface area (Å²) in [6.45, 7) is 7.94. The average molecular weight is 284 g/mol. The first-order valence-corrected chi connectivity index (χ1v) is 8.32. The Morgan fingerprint density at radius 3 is 2.62 bits per heavy atom. The van der Waals surface area contributed by atoms with E-state index in [2.05, 4.69) is 62.5 Å². The fourth-order valence-electron chi connectivity index (χ4n) is 2.91. The first-order chi connectivity index (χ1) is 10.2. The quantitative estimate of drug-likeness (QED) is 0.767. The fourth-order valence-corrected chi connectivity index (χ4v) is 2.91. The molecule has 1 aromatic heterocycles. The summed E-state index contributed by atoms with van der Waals surface area (Å²) in [5, 5.41) is 4.93. The van der Waals surface area contributed by atoms with Crippen molar-refractivity contribution in [3.8, 4) is 0 Å². The van der Waals surface area contributed by atoms with E-state index < -0.39 is 0 Å². The second-order valence-electron chi connectivity index (χ2n) is 6.03. The van der Waals surface area contributed by atoms with Crippen LogP contribution in [0.5, 0.6) is 0 Å². The van der Waals surface area contributed by atoms with Crippen LogP contribution in [0, 0.1) is 5.92 Å². The summed E-state index contributed by atoms with van der Waals surface area (Å²) < 4.78 is 0. The normalized spacial score (nSPS) is 14.2. The van der Waals surface area contributed by atoms with Crippen molar-refractivity contribution < 1.29 is 0 Å². The highest BCUT2D eigenvalue weighted by atomic mass is 14.9. The van der Waals surface area contributed by atoms with E-state index in [4.69, 9.17) is 4.98 Å². The van der Waals surface area contributed by atoms with Crippen molar-refractivity contribution in [3.05, 3.63) is 42.1 Å². The molecule has 2 unspecified atom stereocenters. The Kier molecular flexibility index (Phi) is 6.19. The molecule has 2 nitrogen and oxygen atoms in total. The molecule has 21 heavy (non-hydrogen) atoms. The number of hydrogen-bond acceptors (Lipinski definition) is 2. The van der Waals surface area contributed by atoms with Crippen molar-refractivity contribution in [1.29, 1.82) is 0 Å². The second kappa shape index (κ2) is 8.14. The van der Waals surface area contributed by atoms with E-state index in [9.17, 15) is 0 Å². The number of rotatable bonds is 8. The van der Waals surface area contributed by atoms with Gasteiger partial charge in [0.25, 0.3) is 0 Å². The molecule has 2 rings (SSSR count). The molecule has 0 fully saturated rings. The van der Waals surface area contributed by atoms with Crippen LogP contribution in [0.1, 0.15) is 45.7 Å². The number of para-hydroxylation sites is 1. The molecular weight excluding hydrogens is 256 g/mol. The Morgan fingerprint density at radius 1 is 1.05 bits per heavy atom. The number of pyridine rings is 1. The van der Waals surface area contributed by atoms with Crippen LogP contribution in [0.3, 0.4) is 0 Å². The van der Waals surface area contributed by atoms with Gasteiger partial charge in [-0.25, -0.2) is 0 Å². The third-order valence-electron chi connectivity index (χ3n) is 4.17. The first-order valence-electron chi connectivity index (χ1n) is 8.32. The molecule has 0 saturated carbocycles. The summed E-state index contributed by atoms with van der Waals surface area (Å²) in [6, 6.07) is 13.3. The molecule has 0 radical (unpaired) electrons. The molecule has 1 aromatic carbocycles. The third-order valence-corrected chi connectivity index (χ3v) is 4.17. The molecule has 0 bridgehead atoms. The van der Waals surface area contributed by atoms with E-state index in [1.165, 1.54) is 30.3 Å². The van der Waals surface area contributed by atoms with E-state index in [1.807, 2.05) is 0 Å². The van der Waals surface area contributed by atoms with Gasteiger partial charge < -0.3 is 5.32 Å². The molecule has 114 valence electrons. The minimum absolute atomic E-state index is 0.526. The van der Waals surface area contributed by atoms with Crippen LogP contribution in [0.15, 0.2) is 36.4 Å². The number of hydrogen-bond donors (Lipinski definition) is 1. The van der Waals surface area contributed by atoms with Crippen molar-refractivity contribution in [2.45, 2.75) is 52.5 Å². The van der Waals surface area contributed by atoms with Gasteiger partial charge >= 0.3 is 0 Å². The maximum Gasteiger partial charge on any atom is 0.0705 e. The summed E-state index contributed by atoms with van der Waals surface area (Å²) in [5.74, 6) is 0.690. The van der Waals surface area contributed by atoms with Crippen molar-refractivity contribution in [2.24, 2.45) is 5.92 Å². The molecule has 2 aromatic rings. The van der Waals surface area contributed by atoms with Gasteiger partial charge in [0.15, 0.2) is 0 Å².